The number of rotatable bonds is 0. The van der Waals surface area contributed by atoms with E-state index >= 15 is 0 Å². The molecule has 0 spiro atoms. The van der Waals surface area contributed by atoms with Crippen LogP contribution in [0.1, 0.15) is 39.0 Å². The van der Waals surface area contributed by atoms with Crippen molar-refractivity contribution >= 4 is 0 Å². The van der Waals surface area contributed by atoms with E-state index in [2.05, 4.69) is 0 Å². The summed E-state index contributed by atoms with van der Waals surface area (Å²) in [6.07, 6.45) is 8.89. The molecule has 1 rings (SSSR count). The van der Waals surface area contributed by atoms with Gasteiger partial charge in [-0.05, 0) is 32.6 Å². The SMILES string of the molecule is CC1(F)/C=C\CCCCC1. The van der Waals surface area contributed by atoms with Gasteiger partial charge in [0, 0.05) is 0 Å². The molecule has 0 fully saturated rings. The van der Waals surface area contributed by atoms with Crippen molar-refractivity contribution in [2.24, 2.45) is 0 Å². The minimum Gasteiger partial charge on any atom is -0.240 e. The van der Waals surface area contributed by atoms with Crippen LogP contribution in [0.4, 0.5) is 4.39 Å². The van der Waals surface area contributed by atoms with Gasteiger partial charge in [-0.3, -0.25) is 0 Å². The van der Waals surface area contributed by atoms with Gasteiger partial charge in [0.25, 0.3) is 0 Å². The Hall–Kier alpha value is -0.330. The van der Waals surface area contributed by atoms with Crippen molar-refractivity contribution in [1.29, 1.82) is 0 Å². The zero-order valence-electron chi connectivity index (χ0n) is 6.57. The number of alkyl halides is 1. The summed E-state index contributed by atoms with van der Waals surface area (Å²) in [4.78, 5) is 0. The third-order valence-corrected chi connectivity index (χ3v) is 2.00. The lowest BCUT2D eigenvalue weighted by molar-refractivity contribution is 0.230. The maximum atomic E-state index is 13.2. The highest BCUT2D eigenvalue weighted by molar-refractivity contribution is 4.99. The average molecular weight is 142 g/mol. The quantitative estimate of drug-likeness (QED) is 0.455. The second kappa shape index (κ2) is 3.18. The molecule has 0 radical (unpaired) electrons. The molecule has 0 aromatic rings. The van der Waals surface area contributed by atoms with Crippen LogP contribution in [0.15, 0.2) is 12.2 Å². The third kappa shape index (κ3) is 2.51. The fourth-order valence-corrected chi connectivity index (χ4v) is 1.32. The summed E-state index contributed by atoms with van der Waals surface area (Å²) in [5.41, 5.74) is -1.03. The van der Waals surface area contributed by atoms with Crippen LogP contribution < -0.4 is 0 Å². The molecule has 0 heterocycles. The Bertz CT molecular complexity index is 125. The molecule has 0 amide bonds. The van der Waals surface area contributed by atoms with E-state index in [1.807, 2.05) is 6.08 Å². The first-order valence-corrected chi connectivity index (χ1v) is 4.07. The van der Waals surface area contributed by atoms with Crippen molar-refractivity contribution in [2.75, 3.05) is 0 Å². The topological polar surface area (TPSA) is 0 Å². The van der Waals surface area contributed by atoms with Gasteiger partial charge in [0.15, 0.2) is 0 Å². The molecule has 0 bridgehead atoms. The lowest BCUT2D eigenvalue weighted by atomic mass is 9.96. The summed E-state index contributed by atoms with van der Waals surface area (Å²) in [5, 5.41) is 0. The first-order chi connectivity index (χ1) is 4.71. The maximum absolute atomic E-state index is 13.2. The predicted molar refractivity (Wildman–Crippen MR) is 41.7 cm³/mol. The monoisotopic (exact) mass is 142 g/mol. The fourth-order valence-electron chi connectivity index (χ4n) is 1.32. The zero-order chi connectivity index (χ0) is 7.45. The molecule has 1 aliphatic carbocycles. The van der Waals surface area contributed by atoms with Crippen molar-refractivity contribution in [3.05, 3.63) is 12.2 Å². The number of hydrogen-bond acceptors (Lipinski definition) is 0. The lowest BCUT2D eigenvalue weighted by Crippen LogP contribution is -2.14. The molecule has 10 heavy (non-hydrogen) atoms. The van der Waals surface area contributed by atoms with E-state index in [1.54, 1.807) is 13.0 Å². The summed E-state index contributed by atoms with van der Waals surface area (Å²) in [6, 6.07) is 0. The van der Waals surface area contributed by atoms with E-state index in [0.717, 1.165) is 12.8 Å². The second-order valence-corrected chi connectivity index (χ2v) is 3.28. The Morgan fingerprint density at radius 2 is 2.10 bits per heavy atom. The minimum atomic E-state index is -1.03. The van der Waals surface area contributed by atoms with Gasteiger partial charge >= 0.3 is 0 Å². The minimum absolute atomic E-state index is 0.698. The summed E-state index contributed by atoms with van der Waals surface area (Å²) >= 11 is 0. The van der Waals surface area contributed by atoms with Crippen LogP contribution in [0.3, 0.4) is 0 Å². The fraction of sp³-hybridized carbons (Fsp3) is 0.778. The highest BCUT2D eigenvalue weighted by Crippen LogP contribution is 2.23. The molecule has 0 aromatic carbocycles. The standard InChI is InChI=1S/C9H15F/c1-9(10)7-5-3-2-4-6-8-9/h5,7H,2-4,6,8H2,1H3/b7-5-. The molecular weight excluding hydrogens is 127 g/mol. The lowest BCUT2D eigenvalue weighted by Gasteiger charge is -2.17. The first-order valence-electron chi connectivity index (χ1n) is 4.07. The van der Waals surface area contributed by atoms with E-state index < -0.39 is 5.67 Å². The zero-order valence-corrected chi connectivity index (χ0v) is 6.57. The Kier molecular flexibility index (Phi) is 2.47. The highest BCUT2D eigenvalue weighted by atomic mass is 19.1. The van der Waals surface area contributed by atoms with E-state index in [0.29, 0.717) is 6.42 Å². The van der Waals surface area contributed by atoms with Gasteiger partial charge in [-0.25, -0.2) is 4.39 Å². The Morgan fingerprint density at radius 1 is 1.30 bits per heavy atom. The maximum Gasteiger partial charge on any atom is 0.126 e. The highest BCUT2D eigenvalue weighted by Gasteiger charge is 2.18. The van der Waals surface area contributed by atoms with Gasteiger partial charge in [0.2, 0.25) is 0 Å². The van der Waals surface area contributed by atoms with Crippen LogP contribution in [-0.2, 0) is 0 Å². The van der Waals surface area contributed by atoms with Crippen molar-refractivity contribution < 1.29 is 4.39 Å². The number of hydrogen-bond donors (Lipinski definition) is 0. The Labute approximate surface area is 62.1 Å². The smallest absolute Gasteiger partial charge is 0.126 e. The molecule has 1 atom stereocenters. The van der Waals surface area contributed by atoms with Crippen molar-refractivity contribution in [3.63, 3.8) is 0 Å². The molecule has 1 aliphatic rings. The van der Waals surface area contributed by atoms with E-state index in [4.69, 9.17) is 0 Å². The van der Waals surface area contributed by atoms with Crippen LogP contribution in [-0.4, -0.2) is 5.67 Å². The van der Waals surface area contributed by atoms with Crippen molar-refractivity contribution in [1.82, 2.24) is 0 Å². The largest absolute Gasteiger partial charge is 0.240 e. The molecule has 1 unspecified atom stereocenters. The number of allylic oxidation sites excluding steroid dienone is 2. The van der Waals surface area contributed by atoms with Crippen LogP contribution in [0.2, 0.25) is 0 Å². The summed E-state index contributed by atoms with van der Waals surface area (Å²) in [7, 11) is 0. The first kappa shape index (κ1) is 7.77. The van der Waals surface area contributed by atoms with Crippen LogP contribution in [0.5, 0.6) is 0 Å². The predicted octanol–water partition coefficient (Wildman–Crippen LogP) is 3.23. The molecule has 0 aliphatic heterocycles. The number of halogens is 1. The summed E-state index contributed by atoms with van der Waals surface area (Å²) in [6.45, 7) is 1.66. The van der Waals surface area contributed by atoms with Crippen molar-refractivity contribution in [3.8, 4) is 0 Å². The molecule has 0 N–H and O–H groups in total. The van der Waals surface area contributed by atoms with Gasteiger partial charge in [-0.1, -0.05) is 18.6 Å². The normalized spacial score (nSPS) is 38.2. The van der Waals surface area contributed by atoms with Crippen molar-refractivity contribution in [2.45, 2.75) is 44.7 Å². The van der Waals surface area contributed by atoms with Gasteiger partial charge in [-0.2, -0.15) is 0 Å². The van der Waals surface area contributed by atoms with E-state index in [9.17, 15) is 4.39 Å². The van der Waals surface area contributed by atoms with Gasteiger partial charge in [0.05, 0.1) is 0 Å². The van der Waals surface area contributed by atoms with Gasteiger partial charge in [0.1, 0.15) is 5.67 Å². The molecule has 58 valence electrons. The van der Waals surface area contributed by atoms with E-state index in [1.165, 1.54) is 12.8 Å². The van der Waals surface area contributed by atoms with Crippen LogP contribution in [0, 0.1) is 0 Å². The molecule has 0 nitrogen and oxygen atoms in total. The van der Waals surface area contributed by atoms with Crippen LogP contribution in [0.25, 0.3) is 0 Å². The summed E-state index contributed by atoms with van der Waals surface area (Å²) < 4.78 is 13.2. The third-order valence-electron chi connectivity index (χ3n) is 2.00. The molecular formula is C9H15F. The second-order valence-electron chi connectivity index (χ2n) is 3.28. The van der Waals surface area contributed by atoms with E-state index in [-0.39, 0.29) is 0 Å². The van der Waals surface area contributed by atoms with Gasteiger partial charge < -0.3 is 0 Å². The molecule has 0 saturated heterocycles. The molecule has 0 saturated carbocycles. The molecule has 1 heteroatoms. The Balaban J connectivity index is 2.49. The summed E-state index contributed by atoms with van der Waals surface area (Å²) in [5.74, 6) is 0. The van der Waals surface area contributed by atoms with Gasteiger partial charge in [-0.15, -0.1) is 0 Å². The van der Waals surface area contributed by atoms with Crippen LogP contribution >= 0.6 is 0 Å². The average Bonchev–Trinajstić information content (AvgIpc) is 1.81. The Morgan fingerprint density at radius 3 is 2.90 bits per heavy atom. The molecule has 0 aromatic heterocycles.